The van der Waals surface area contributed by atoms with E-state index in [0.717, 1.165) is 16.4 Å². The summed E-state index contributed by atoms with van der Waals surface area (Å²) in [6.45, 7) is 4.79. The SMILES string of the molecule is Cc1cc(C)cc(OCCSc2ccc(N)cc2Cl)c1. The van der Waals surface area contributed by atoms with Gasteiger partial charge >= 0.3 is 0 Å². The van der Waals surface area contributed by atoms with Gasteiger partial charge in [-0.05, 0) is 55.3 Å². The molecule has 0 fully saturated rings. The van der Waals surface area contributed by atoms with Gasteiger partial charge in [0.1, 0.15) is 5.75 Å². The van der Waals surface area contributed by atoms with Crippen LogP contribution in [0.4, 0.5) is 5.69 Å². The topological polar surface area (TPSA) is 35.2 Å². The maximum Gasteiger partial charge on any atom is 0.119 e. The summed E-state index contributed by atoms with van der Waals surface area (Å²) in [6, 6.07) is 11.8. The summed E-state index contributed by atoms with van der Waals surface area (Å²) < 4.78 is 5.76. The lowest BCUT2D eigenvalue weighted by Crippen LogP contribution is -2.00. The number of nitrogens with two attached hydrogens (primary N) is 1. The molecule has 20 heavy (non-hydrogen) atoms. The predicted octanol–water partition coefficient (Wildman–Crippen LogP) is 4.71. The number of benzene rings is 2. The average Bonchev–Trinajstić information content (AvgIpc) is 2.35. The first-order valence-electron chi connectivity index (χ1n) is 6.43. The van der Waals surface area contributed by atoms with Gasteiger partial charge in [0.05, 0.1) is 11.6 Å². The minimum Gasteiger partial charge on any atom is -0.493 e. The highest BCUT2D eigenvalue weighted by Crippen LogP contribution is 2.28. The third-order valence-electron chi connectivity index (χ3n) is 2.76. The fourth-order valence-electron chi connectivity index (χ4n) is 1.96. The normalized spacial score (nSPS) is 10.6. The number of thioether (sulfide) groups is 1. The number of halogens is 1. The van der Waals surface area contributed by atoms with Gasteiger partial charge in [0.15, 0.2) is 0 Å². The summed E-state index contributed by atoms with van der Waals surface area (Å²) in [6.07, 6.45) is 0. The van der Waals surface area contributed by atoms with Gasteiger partial charge in [0.2, 0.25) is 0 Å². The van der Waals surface area contributed by atoms with E-state index in [-0.39, 0.29) is 0 Å². The van der Waals surface area contributed by atoms with Crippen molar-refractivity contribution in [1.82, 2.24) is 0 Å². The first kappa shape index (κ1) is 15.1. The summed E-state index contributed by atoms with van der Waals surface area (Å²) in [5.74, 6) is 1.77. The van der Waals surface area contributed by atoms with Gasteiger partial charge in [-0.2, -0.15) is 0 Å². The molecular weight excluding hydrogens is 290 g/mol. The largest absolute Gasteiger partial charge is 0.493 e. The van der Waals surface area contributed by atoms with Crippen LogP contribution in [0.3, 0.4) is 0 Å². The van der Waals surface area contributed by atoms with E-state index >= 15 is 0 Å². The zero-order chi connectivity index (χ0) is 14.5. The molecule has 0 aliphatic heterocycles. The molecule has 0 saturated heterocycles. The Morgan fingerprint density at radius 2 is 1.80 bits per heavy atom. The second-order valence-corrected chi connectivity index (χ2v) is 6.25. The van der Waals surface area contributed by atoms with Crippen LogP contribution in [0.1, 0.15) is 11.1 Å². The molecule has 0 heterocycles. The molecular formula is C16H18ClNOS. The number of hydrogen-bond donors (Lipinski definition) is 1. The molecule has 2 aromatic carbocycles. The summed E-state index contributed by atoms with van der Waals surface area (Å²) in [5.41, 5.74) is 8.79. The van der Waals surface area contributed by atoms with Gasteiger partial charge in [-0.1, -0.05) is 17.7 Å². The lowest BCUT2D eigenvalue weighted by atomic mass is 10.1. The lowest BCUT2D eigenvalue weighted by Gasteiger charge is -2.09. The number of hydrogen-bond acceptors (Lipinski definition) is 3. The van der Waals surface area contributed by atoms with Crippen LogP contribution in [-0.2, 0) is 0 Å². The molecule has 4 heteroatoms. The fourth-order valence-corrected chi connectivity index (χ4v) is 3.06. The molecule has 0 saturated carbocycles. The molecule has 0 spiro atoms. The molecule has 106 valence electrons. The highest BCUT2D eigenvalue weighted by molar-refractivity contribution is 7.99. The van der Waals surface area contributed by atoms with Crippen LogP contribution in [0.15, 0.2) is 41.3 Å². The molecule has 0 amide bonds. The van der Waals surface area contributed by atoms with Crippen LogP contribution in [0, 0.1) is 13.8 Å². The Morgan fingerprint density at radius 1 is 1.10 bits per heavy atom. The monoisotopic (exact) mass is 307 g/mol. The standard InChI is InChI=1S/C16H18ClNOS/c1-11-7-12(2)9-14(8-11)19-5-6-20-16-4-3-13(18)10-15(16)17/h3-4,7-10H,5-6,18H2,1-2H3. The zero-order valence-corrected chi connectivity index (χ0v) is 13.2. The minimum atomic E-state index is 0.647. The van der Waals surface area contributed by atoms with Crippen molar-refractivity contribution >= 4 is 29.1 Å². The number of rotatable bonds is 5. The van der Waals surface area contributed by atoms with Gasteiger partial charge in [-0.3, -0.25) is 0 Å². The first-order chi connectivity index (χ1) is 9.54. The molecule has 2 nitrogen and oxygen atoms in total. The van der Waals surface area contributed by atoms with Crippen molar-refractivity contribution in [2.75, 3.05) is 18.1 Å². The van der Waals surface area contributed by atoms with Crippen molar-refractivity contribution in [3.8, 4) is 5.75 Å². The van der Waals surface area contributed by atoms with E-state index in [1.807, 2.05) is 24.3 Å². The van der Waals surface area contributed by atoms with Gasteiger partial charge in [-0.15, -0.1) is 11.8 Å². The van der Waals surface area contributed by atoms with Crippen molar-refractivity contribution in [1.29, 1.82) is 0 Å². The Balaban J connectivity index is 1.84. The maximum atomic E-state index is 6.13. The Morgan fingerprint density at radius 3 is 2.45 bits per heavy atom. The van der Waals surface area contributed by atoms with E-state index in [9.17, 15) is 0 Å². The van der Waals surface area contributed by atoms with E-state index in [2.05, 4.69) is 19.9 Å². The fraction of sp³-hybridized carbons (Fsp3) is 0.250. The Labute approximate surface area is 129 Å². The third-order valence-corrected chi connectivity index (χ3v) is 4.22. The number of anilines is 1. The molecule has 0 atom stereocenters. The van der Waals surface area contributed by atoms with Gasteiger partial charge in [0.25, 0.3) is 0 Å². The van der Waals surface area contributed by atoms with Gasteiger partial charge < -0.3 is 10.5 Å². The lowest BCUT2D eigenvalue weighted by molar-refractivity contribution is 0.343. The van der Waals surface area contributed by atoms with Crippen LogP contribution in [0.5, 0.6) is 5.75 Å². The van der Waals surface area contributed by atoms with Crippen molar-refractivity contribution in [2.24, 2.45) is 0 Å². The second-order valence-electron chi connectivity index (χ2n) is 4.71. The Hall–Kier alpha value is -1.32. The number of nitrogen functional groups attached to an aromatic ring is 1. The molecule has 0 unspecified atom stereocenters. The van der Waals surface area contributed by atoms with Crippen LogP contribution >= 0.6 is 23.4 Å². The highest BCUT2D eigenvalue weighted by atomic mass is 35.5. The van der Waals surface area contributed by atoms with Gasteiger partial charge in [0, 0.05) is 16.3 Å². The molecule has 2 aromatic rings. The number of aryl methyl sites for hydroxylation is 2. The van der Waals surface area contributed by atoms with Crippen molar-refractivity contribution in [2.45, 2.75) is 18.7 Å². The average molecular weight is 308 g/mol. The highest BCUT2D eigenvalue weighted by Gasteiger charge is 2.02. The molecule has 0 aliphatic rings. The molecule has 0 radical (unpaired) electrons. The summed E-state index contributed by atoms with van der Waals surface area (Å²) in [5, 5.41) is 0.696. The van der Waals surface area contributed by atoms with E-state index in [1.54, 1.807) is 17.8 Å². The Bertz CT molecular complexity index is 581. The van der Waals surface area contributed by atoms with E-state index < -0.39 is 0 Å². The quantitative estimate of drug-likeness (QED) is 0.493. The van der Waals surface area contributed by atoms with Crippen molar-refractivity contribution < 1.29 is 4.74 Å². The summed E-state index contributed by atoms with van der Waals surface area (Å²) in [4.78, 5) is 1.03. The van der Waals surface area contributed by atoms with Crippen LogP contribution in [0.2, 0.25) is 5.02 Å². The van der Waals surface area contributed by atoms with Crippen molar-refractivity contribution in [3.05, 3.63) is 52.5 Å². The van der Waals surface area contributed by atoms with Crippen LogP contribution in [-0.4, -0.2) is 12.4 Å². The molecule has 0 bridgehead atoms. The zero-order valence-electron chi connectivity index (χ0n) is 11.7. The van der Waals surface area contributed by atoms with Gasteiger partial charge in [-0.25, -0.2) is 0 Å². The molecule has 2 rings (SSSR count). The van der Waals surface area contributed by atoms with E-state index in [1.165, 1.54) is 11.1 Å². The molecule has 0 aromatic heterocycles. The molecule has 0 aliphatic carbocycles. The van der Waals surface area contributed by atoms with Crippen LogP contribution < -0.4 is 10.5 Å². The smallest absolute Gasteiger partial charge is 0.119 e. The Kier molecular flexibility index (Phi) is 5.21. The maximum absolute atomic E-state index is 6.13. The minimum absolute atomic E-state index is 0.647. The third kappa shape index (κ3) is 4.36. The second kappa shape index (κ2) is 6.91. The first-order valence-corrected chi connectivity index (χ1v) is 7.80. The van der Waals surface area contributed by atoms with E-state index in [0.29, 0.717) is 17.3 Å². The predicted molar refractivity (Wildman–Crippen MR) is 88.0 cm³/mol. The van der Waals surface area contributed by atoms with Crippen LogP contribution in [0.25, 0.3) is 0 Å². The number of ether oxygens (including phenoxy) is 1. The summed E-state index contributed by atoms with van der Waals surface area (Å²) in [7, 11) is 0. The van der Waals surface area contributed by atoms with Crippen molar-refractivity contribution in [3.63, 3.8) is 0 Å². The van der Waals surface area contributed by atoms with E-state index in [4.69, 9.17) is 22.1 Å². The summed E-state index contributed by atoms with van der Waals surface area (Å²) >= 11 is 7.80. The molecule has 2 N–H and O–H groups in total.